The number of benzene rings is 2. The number of amides is 1. The molecule has 3 rings (SSSR count). The smallest absolute Gasteiger partial charge is 0.299 e. The van der Waals surface area contributed by atoms with Crippen LogP contribution in [-0.2, 0) is 11.3 Å². The minimum atomic E-state index is -0.637. The van der Waals surface area contributed by atoms with E-state index >= 15 is 0 Å². The van der Waals surface area contributed by atoms with E-state index in [0.29, 0.717) is 11.3 Å². The fraction of sp³-hybridized carbons (Fsp3) is 0.125. The van der Waals surface area contributed by atoms with Gasteiger partial charge in [0.1, 0.15) is 5.82 Å². The van der Waals surface area contributed by atoms with Crippen molar-refractivity contribution in [3.05, 3.63) is 63.9 Å². The number of Topliss-reactive ketones (excluding diaryl/α,β-unsaturated/α-hetero) is 1. The first kappa shape index (κ1) is 13.8. The molecular weight excluding hydrogens is 293 g/mol. The van der Waals surface area contributed by atoms with Gasteiger partial charge in [-0.25, -0.2) is 4.39 Å². The monoisotopic (exact) mass is 303 g/mol. The number of hydrogen-bond acceptors (Lipinski definition) is 2. The second-order valence-electron chi connectivity index (χ2n) is 4.93. The zero-order chi connectivity index (χ0) is 15.1. The molecule has 1 aliphatic rings. The van der Waals surface area contributed by atoms with Gasteiger partial charge >= 0.3 is 0 Å². The zero-order valence-corrected chi connectivity index (χ0v) is 11.9. The van der Waals surface area contributed by atoms with E-state index in [2.05, 4.69) is 0 Å². The summed E-state index contributed by atoms with van der Waals surface area (Å²) in [7, 11) is 0. The van der Waals surface area contributed by atoms with Crippen molar-refractivity contribution in [1.82, 2.24) is 0 Å². The van der Waals surface area contributed by atoms with Crippen molar-refractivity contribution in [2.45, 2.75) is 13.5 Å². The van der Waals surface area contributed by atoms with Crippen molar-refractivity contribution in [3.63, 3.8) is 0 Å². The van der Waals surface area contributed by atoms with Gasteiger partial charge in [-0.15, -0.1) is 0 Å². The van der Waals surface area contributed by atoms with Gasteiger partial charge in [0.2, 0.25) is 0 Å². The van der Waals surface area contributed by atoms with Crippen molar-refractivity contribution in [2.24, 2.45) is 0 Å². The molecule has 0 saturated heterocycles. The first-order valence-corrected chi connectivity index (χ1v) is 6.76. The number of nitrogens with zero attached hydrogens (tertiary/aromatic N) is 1. The molecule has 0 fully saturated rings. The Bertz CT molecular complexity index is 773. The quantitative estimate of drug-likeness (QED) is 0.796. The third kappa shape index (κ3) is 2.21. The molecule has 5 heteroatoms. The number of halogens is 2. The molecule has 106 valence electrons. The lowest BCUT2D eigenvalue weighted by atomic mass is 10.1. The minimum absolute atomic E-state index is 0.140. The van der Waals surface area contributed by atoms with E-state index in [4.69, 9.17) is 11.6 Å². The van der Waals surface area contributed by atoms with Gasteiger partial charge in [-0.05, 0) is 42.3 Å². The van der Waals surface area contributed by atoms with Gasteiger partial charge in [-0.3, -0.25) is 9.59 Å². The normalized spacial score (nSPS) is 13.8. The van der Waals surface area contributed by atoms with Gasteiger partial charge in [0.25, 0.3) is 11.7 Å². The average Bonchev–Trinajstić information content (AvgIpc) is 2.69. The molecule has 3 nitrogen and oxygen atoms in total. The summed E-state index contributed by atoms with van der Waals surface area (Å²) in [6, 6.07) is 9.29. The molecule has 0 spiro atoms. The molecule has 2 aromatic rings. The first-order valence-electron chi connectivity index (χ1n) is 6.39. The summed E-state index contributed by atoms with van der Waals surface area (Å²) in [5, 5.41) is 0.254. The molecule has 1 heterocycles. The van der Waals surface area contributed by atoms with Crippen LogP contribution in [0.5, 0.6) is 0 Å². The maximum atomic E-state index is 13.4. The predicted molar refractivity (Wildman–Crippen MR) is 78.1 cm³/mol. The Labute approximate surface area is 125 Å². The maximum absolute atomic E-state index is 13.4. The van der Waals surface area contributed by atoms with Crippen LogP contribution in [-0.4, -0.2) is 11.7 Å². The second-order valence-corrected chi connectivity index (χ2v) is 5.33. The number of ketones is 1. The highest BCUT2D eigenvalue weighted by molar-refractivity contribution is 6.55. The van der Waals surface area contributed by atoms with E-state index in [-0.39, 0.29) is 22.9 Å². The molecular formula is C16H11ClFNO2. The van der Waals surface area contributed by atoms with Crippen LogP contribution in [0.2, 0.25) is 5.02 Å². The summed E-state index contributed by atoms with van der Waals surface area (Å²) in [6.07, 6.45) is 0. The Morgan fingerprint density at radius 3 is 2.71 bits per heavy atom. The number of anilines is 1. The third-order valence-corrected chi connectivity index (χ3v) is 3.90. The Morgan fingerprint density at radius 2 is 1.95 bits per heavy atom. The van der Waals surface area contributed by atoms with E-state index in [1.807, 2.05) is 6.92 Å². The highest BCUT2D eigenvalue weighted by Gasteiger charge is 2.37. The largest absolute Gasteiger partial charge is 0.300 e. The fourth-order valence-electron chi connectivity index (χ4n) is 2.44. The number of aryl methyl sites for hydroxylation is 1. The Hall–Kier alpha value is -2.20. The van der Waals surface area contributed by atoms with Gasteiger partial charge in [0.15, 0.2) is 0 Å². The summed E-state index contributed by atoms with van der Waals surface area (Å²) in [5.74, 6) is -1.63. The van der Waals surface area contributed by atoms with Crippen LogP contribution in [0.1, 0.15) is 21.5 Å². The summed E-state index contributed by atoms with van der Waals surface area (Å²) < 4.78 is 13.4. The second kappa shape index (κ2) is 4.97. The van der Waals surface area contributed by atoms with Crippen molar-refractivity contribution < 1.29 is 14.0 Å². The van der Waals surface area contributed by atoms with E-state index in [1.165, 1.54) is 17.0 Å². The van der Waals surface area contributed by atoms with Crippen LogP contribution in [0.4, 0.5) is 10.1 Å². The third-order valence-electron chi connectivity index (χ3n) is 3.59. The summed E-state index contributed by atoms with van der Waals surface area (Å²) in [6.45, 7) is 1.97. The molecule has 0 saturated carbocycles. The lowest BCUT2D eigenvalue weighted by Crippen LogP contribution is -2.29. The van der Waals surface area contributed by atoms with Crippen LogP contribution in [0.25, 0.3) is 0 Å². The summed E-state index contributed by atoms with van der Waals surface area (Å²) in [4.78, 5) is 25.5. The lowest BCUT2D eigenvalue weighted by Gasteiger charge is -2.18. The first-order chi connectivity index (χ1) is 9.99. The molecule has 1 aliphatic heterocycles. The molecule has 0 unspecified atom stereocenters. The minimum Gasteiger partial charge on any atom is -0.300 e. The number of fused-ring (bicyclic) bond motifs is 1. The molecule has 0 aliphatic carbocycles. The van der Waals surface area contributed by atoms with Gasteiger partial charge < -0.3 is 4.90 Å². The van der Waals surface area contributed by atoms with Crippen molar-refractivity contribution in [2.75, 3.05) is 4.90 Å². The van der Waals surface area contributed by atoms with Gasteiger partial charge in [0, 0.05) is 0 Å². The molecule has 0 N–H and O–H groups in total. The van der Waals surface area contributed by atoms with E-state index in [0.717, 1.165) is 5.56 Å². The van der Waals surface area contributed by atoms with Crippen molar-refractivity contribution in [3.8, 4) is 0 Å². The highest BCUT2D eigenvalue weighted by Crippen LogP contribution is 2.35. The number of carbonyl (C=O) groups is 2. The number of rotatable bonds is 2. The van der Waals surface area contributed by atoms with Gasteiger partial charge in [0.05, 0.1) is 22.8 Å². The van der Waals surface area contributed by atoms with Crippen LogP contribution < -0.4 is 4.90 Å². The zero-order valence-electron chi connectivity index (χ0n) is 11.2. The standard InChI is InChI=1S/C16H11ClFNO2/c1-9-5-6-11(18)7-10(9)8-19-13-4-2-3-12(17)14(13)15(20)16(19)21/h2-7H,8H2,1H3. The lowest BCUT2D eigenvalue weighted by molar-refractivity contribution is -0.114. The van der Waals surface area contributed by atoms with Crippen LogP contribution >= 0.6 is 11.6 Å². The predicted octanol–water partition coefficient (Wildman–Crippen LogP) is 3.52. The SMILES string of the molecule is Cc1ccc(F)cc1CN1C(=O)C(=O)c2c(Cl)cccc21. The Kier molecular flexibility index (Phi) is 3.26. The van der Waals surface area contributed by atoms with E-state index in [1.54, 1.807) is 24.3 Å². The van der Waals surface area contributed by atoms with Crippen LogP contribution in [0.3, 0.4) is 0 Å². The molecule has 0 aromatic heterocycles. The Morgan fingerprint density at radius 1 is 1.19 bits per heavy atom. The van der Waals surface area contributed by atoms with Gasteiger partial charge in [-0.2, -0.15) is 0 Å². The number of hydrogen-bond donors (Lipinski definition) is 0. The highest BCUT2D eigenvalue weighted by atomic mass is 35.5. The topological polar surface area (TPSA) is 37.4 Å². The molecule has 2 aromatic carbocycles. The molecule has 21 heavy (non-hydrogen) atoms. The molecule has 0 radical (unpaired) electrons. The maximum Gasteiger partial charge on any atom is 0.299 e. The van der Waals surface area contributed by atoms with Crippen molar-refractivity contribution in [1.29, 1.82) is 0 Å². The molecule has 1 amide bonds. The van der Waals surface area contributed by atoms with E-state index in [9.17, 15) is 14.0 Å². The fourth-order valence-corrected chi connectivity index (χ4v) is 2.69. The molecule has 0 bridgehead atoms. The summed E-state index contributed by atoms with van der Waals surface area (Å²) >= 11 is 5.99. The average molecular weight is 304 g/mol. The van der Waals surface area contributed by atoms with Crippen LogP contribution in [0.15, 0.2) is 36.4 Å². The van der Waals surface area contributed by atoms with Crippen molar-refractivity contribution >= 4 is 29.0 Å². The van der Waals surface area contributed by atoms with Gasteiger partial charge in [-0.1, -0.05) is 23.7 Å². The number of carbonyl (C=O) groups excluding carboxylic acids is 2. The Balaban J connectivity index is 2.05. The summed E-state index contributed by atoms with van der Waals surface area (Å²) in [5.41, 5.74) is 2.20. The van der Waals surface area contributed by atoms with Crippen LogP contribution in [0, 0.1) is 12.7 Å². The molecule has 0 atom stereocenters. The van der Waals surface area contributed by atoms with E-state index < -0.39 is 11.7 Å².